The van der Waals surface area contributed by atoms with Gasteiger partial charge < -0.3 is 30.1 Å². The Labute approximate surface area is 141 Å². The van der Waals surface area contributed by atoms with Gasteiger partial charge in [0.1, 0.15) is 30.1 Å². The highest BCUT2D eigenvalue weighted by atomic mass is 127. The molecule has 0 radical (unpaired) electrons. The number of benzene rings is 1. The second kappa shape index (κ2) is 7.55. The molecule has 2 rings (SSSR count). The van der Waals surface area contributed by atoms with Crippen LogP contribution in [0.1, 0.15) is 6.92 Å². The number of carbonyl (C=O) groups is 1. The molecule has 1 saturated heterocycles. The fourth-order valence-corrected chi connectivity index (χ4v) is 2.58. The first kappa shape index (κ1) is 17.4. The van der Waals surface area contributed by atoms with Crippen molar-refractivity contribution in [2.45, 2.75) is 37.6 Å². The van der Waals surface area contributed by atoms with E-state index in [-0.39, 0.29) is 0 Å². The quantitative estimate of drug-likeness (QED) is 0.492. The SMILES string of the molecule is CC(=O)N[C@@H]1[C@H](Oc2ccc(I)cc2)O[C@H](CO)[C@H](O)[C@@H]1O. The van der Waals surface area contributed by atoms with Crippen LogP contribution in [0.2, 0.25) is 0 Å². The van der Waals surface area contributed by atoms with Gasteiger partial charge in [-0.15, -0.1) is 0 Å². The van der Waals surface area contributed by atoms with Crippen LogP contribution in [0.15, 0.2) is 24.3 Å². The molecule has 1 aromatic rings. The van der Waals surface area contributed by atoms with E-state index in [2.05, 4.69) is 27.9 Å². The molecular weight excluding hydrogens is 405 g/mol. The fourth-order valence-electron chi connectivity index (χ4n) is 2.22. The van der Waals surface area contributed by atoms with Gasteiger partial charge in [-0.05, 0) is 46.9 Å². The van der Waals surface area contributed by atoms with E-state index in [4.69, 9.17) is 9.47 Å². The lowest BCUT2D eigenvalue weighted by atomic mass is 9.97. The Kier molecular flexibility index (Phi) is 5.98. The molecule has 0 aliphatic carbocycles. The third-order valence-electron chi connectivity index (χ3n) is 3.32. The lowest BCUT2D eigenvalue weighted by molar-refractivity contribution is -0.244. The van der Waals surface area contributed by atoms with Crippen molar-refractivity contribution in [1.29, 1.82) is 0 Å². The summed E-state index contributed by atoms with van der Waals surface area (Å²) >= 11 is 2.15. The molecule has 0 unspecified atom stereocenters. The van der Waals surface area contributed by atoms with Crippen molar-refractivity contribution in [3.05, 3.63) is 27.8 Å². The van der Waals surface area contributed by atoms with Crippen molar-refractivity contribution in [1.82, 2.24) is 5.32 Å². The number of amides is 1. The van der Waals surface area contributed by atoms with E-state index < -0.39 is 43.2 Å². The molecular formula is C14H18INO6. The summed E-state index contributed by atoms with van der Waals surface area (Å²) in [6, 6.07) is 6.17. The average molecular weight is 423 g/mol. The van der Waals surface area contributed by atoms with Gasteiger partial charge >= 0.3 is 0 Å². The van der Waals surface area contributed by atoms with Gasteiger partial charge in [0.2, 0.25) is 12.2 Å². The van der Waals surface area contributed by atoms with E-state index in [1.807, 2.05) is 12.1 Å². The molecule has 5 atom stereocenters. The van der Waals surface area contributed by atoms with Gasteiger partial charge in [0.05, 0.1) is 6.61 Å². The van der Waals surface area contributed by atoms with Gasteiger partial charge in [0.25, 0.3) is 0 Å². The molecule has 0 bridgehead atoms. The Morgan fingerprint density at radius 1 is 1.32 bits per heavy atom. The van der Waals surface area contributed by atoms with E-state index in [9.17, 15) is 20.1 Å². The number of aliphatic hydroxyl groups excluding tert-OH is 3. The predicted octanol–water partition coefficient (Wildman–Crippen LogP) is -0.386. The number of carbonyl (C=O) groups excluding carboxylic acids is 1. The Bertz CT molecular complexity index is 511. The van der Waals surface area contributed by atoms with Gasteiger partial charge in [-0.3, -0.25) is 4.79 Å². The van der Waals surface area contributed by atoms with E-state index in [1.54, 1.807) is 12.1 Å². The van der Waals surface area contributed by atoms with Crippen LogP contribution in [0.25, 0.3) is 0 Å². The molecule has 22 heavy (non-hydrogen) atoms. The molecule has 0 saturated carbocycles. The average Bonchev–Trinajstić information content (AvgIpc) is 2.48. The number of nitrogens with one attached hydrogen (secondary N) is 1. The van der Waals surface area contributed by atoms with Gasteiger partial charge in [0.15, 0.2) is 0 Å². The van der Waals surface area contributed by atoms with Crippen LogP contribution in [0.4, 0.5) is 0 Å². The molecule has 1 fully saturated rings. The van der Waals surface area contributed by atoms with Crippen LogP contribution in [-0.4, -0.2) is 58.5 Å². The van der Waals surface area contributed by atoms with Crippen LogP contribution in [0.3, 0.4) is 0 Å². The zero-order valence-electron chi connectivity index (χ0n) is 11.8. The van der Waals surface area contributed by atoms with Crippen LogP contribution in [0, 0.1) is 3.57 Å². The number of ether oxygens (including phenoxy) is 2. The number of hydrogen-bond acceptors (Lipinski definition) is 6. The summed E-state index contributed by atoms with van der Waals surface area (Å²) in [6.07, 6.45) is -4.66. The summed E-state index contributed by atoms with van der Waals surface area (Å²) in [4.78, 5) is 11.3. The highest BCUT2D eigenvalue weighted by Gasteiger charge is 2.46. The standard InChI is InChI=1S/C14H18INO6/c1-7(18)16-11-13(20)12(19)10(6-17)22-14(11)21-9-4-2-8(15)3-5-9/h2-5,10-14,17,19-20H,6H2,1H3,(H,16,18)/t10-,11+,12+,13-,14-/m1/s1. The minimum atomic E-state index is -1.32. The molecule has 1 aromatic carbocycles. The third-order valence-corrected chi connectivity index (χ3v) is 4.04. The summed E-state index contributed by atoms with van der Waals surface area (Å²) < 4.78 is 12.1. The van der Waals surface area contributed by atoms with Crippen LogP contribution in [-0.2, 0) is 9.53 Å². The summed E-state index contributed by atoms with van der Waals surface area (Å²) in [5.41, 5.74) is 0. The first-order valence-corrected chi connectivity index (χ1v) is 7.82. The Morgan fingerprint density at radius 2 is 1.95 bits per heavy atom. The van der Waals surface area contributed by atoms with Crippen molar-refractivity contribution in [3.8, 4) is 5.75 Å². The molecule has 4 N–H and O–H groups in total. The molecule has 122 valence electrons. The zero-order valence-corrected chi connectivity index (χ0v) is 14.0. The van der Waals surface area contributed by atoms with E-state index >= 15 is 0 Å². The first-order valence-electron chi connectivity index (χ1n) is 6.74. The minimum absolute atomic E-state index is 0.390. The molecule has 0 spiro atoms. The zero-order chi connectivity index (χ0) is 16.3. The maximum Gasteiger partial charge on any atom is 0.223 e. The molecule has 1 heterocycles. The van der Waals surface area contributed by atoms with Gasteiger partial charge in [-0.2, -0.15) is 0 Å². The molecule has 8 heteroatoms. The maximum atomic E-state index is 11.3. The fraction of sp³-hybridized carbons (Fsp3) is 0.500. The normalized spacial score (nSPS) is 31.6. The molecule has 7 nitrogen and oxygen atoms in total. The number of halogens is 1. The Balaban J connectivity index is 2.18. The molecule has 0 aromatic heterocycles. The Morgan fingerprint density at radius 3 is 2.50 bits per heavy atom. The van der Waals surface area contributed by atoms with Crippen LogP contribution in [0.5, 0.6) is 5.75 Å². The lowest BCUT2D eigenvalue weighted by Gasteiger charge is -2.42. The Hall–Kier alpha value is -0.940. The van der Waals surface area contributed by atoms with Crippen molar-refractivity contribution >= 4 is 28.5 Å². The summed E-state index contributed by atoms with van der Waals surface area (Å²) in [7, 11) is 0. The van der Waals surface area contributed by atoms with Gasteiger partial charge in [0, 0.05) is 10.5 Å². The minimum Gasteiger partial charge on any atom is -0.463 e. The number of aliphatic hydroxyl groups is 3. The molecule has 1 aliphatic rings. The van der Waals surface area contributed by atoms with Gasteiger partial charge in [-0.1, -0.05) is 0 Å². The van der Waals surface area contributed by atoms with Gasteiger partial charge in [-0.25, -0.2) is 0 Å². The van der Waals surface area contributed by atoms with Crippen LogP contribution >= 0.6 is 22.6 Å². The highest BCUT2D eigenvalue weighted by Crippen LogP contribution is 2.24. The lowest BCUT2D eigenvalue weighted by Crippen LogP contribution is -2.65. The smallest absolute Gasteiger partial charge is 0.223 e. The predicted molar refractivity (Wildman–Crippen MR) is 85.2 cm³/mol. The van der Waals surface area contributed by atoms with E-state index in [1.165, 1.54) is 6.92 Å². The van der Waals surface area contributed by atoms with Crippen molar-refractivity contribution in [2.24, 2.45) is 0 Å². The summed E-state index contributed by atoms with van der Waals surface area (Å²) in [6.45, 7) is 0.816. The molecule has 1 amide bonds. The largest absolute Gasteiger partial charge is 0.463 e. The monoisotopic (exact) mass is 423 g/mol. The highest BCUT2D eigenvalue weighted by molar-refractivity contribution is 14.1. The molecule has 1 aliphatic heterocycles. The summed E-state index contributed by atoms with van der Waals surface area (Å²) in [5.74, 6) is 0.0968. The van der Waals surface area contributed by atoms with Crippen molar-refractivity contribution in [2.75, 3.05) is 6.61 Å². The topological polar surface area (TPSA) is 108 Å². The maximum absolute atomic E-state index is 11.3. The van der Waals surface area contributed by atoms with Crippen molar-refractivity contribution in [3.63, 3.8) is 0 Å². The number of rotatable bonds is 4. The number of hydrogen-bond donors (Lipinski definition) is 4. The first-order chi connectivity index (χ1) is 10.4. The summed E-state index contributed by atoms with van der Waals surface area (Å²) in [5, 5.41) is 31.8. The second-order valence-corrected chi connectivity index (χ2v) is 6.25. The second-order valence-electron chi connectivity index (χ2n) is 5.00. The third kappa shape index (κ3) is 4.07. The van der Waals surface area contributed by atoms with Crippen LogP contribution < -0.4 is 10.1 Å². The van der Waals surface area contributed by atoms with Crippen molar-refractivity contribution < 1.29 is 29.6 Å². The van der Waals surface area contributed by atoms with E-state index in [0.717, 1.165) is 3.57 Å². The van der Waals surface area contributed by atoms with E-state index in [0.29, 0.717) is 5.75 Å².